The minimum atomic E-state index is 0. The summed E-state index contributed by atoms with van der Waals surface area (Å²) in [6.45, 7) is 17.7. The van der Waals surface area contributed by atoms with E-state index in [-0.39, 0.29) is 17.8 Å². The largest absolute Gasteiger partial charge is 0.497 e. The van der Waals surface area contributed by atoms with E-state index in [2.05, 4.69) is 68.7 Å². The maximum atomic E-state index is 5.60. The molecule has 3 rings (SSSR count). The molecule has 1 aromatic rings. The molecule has 4 heteroatoms. The average molecular weight is 435 g/mol. The summed E-state index contributed by atoms with van der Waals surface area (Å²) in [6.07, 6.45) is 8.90. The first-order valence-electron chi connectivity index (χ1n) is 11.6. The third-order valence-corrected chi connectivity index (χ3v) is 6.51. The molecule has 170 valence electrons. The molecule has 0 atom stereocenters. The standard InChI is InChI=1S/C26H42N2O.ClH/c1-7-8-9-12-27-13-15-28(16-14-27)24-17-22(29-6)10-11-23(24)21-18-25(2,3)20-26(4,5)19-21;/h10-11,17-18H,7-9,12-16,19-20H2,1-6H3;1H. The number of benzene rings is 1. The number of nitrogens with zero attached hydrogens (tertiary/aromatic N) is 2. The van der Waals surface area contributed by atoms with Gasteiger partial charge in [0.2, 0.25) is 0 Å². The number of unbranched alkanes of at least 4 members (excludes halogenated alkanes) is 2. The lowest BCUT2D eigenvalue weighted by Crippen LogP contribution is -2.47. The van der Waals surface area contributed by atoms with Gasteiger partial charge in [0.25, 0.3) is 0 Å². The molecule has 0 bridgehead atoms. The van der Waals surface area contributed by atoms with Gasteiger partial charge in [-0.05, 0) is 54.3 Å². The fourth-order valence-electron chi connectivity index (χ4n) is 5.53. The second-order valence-electron chi connectivity index (χ2n) is 10.6. The molecule has 1 aliphatic heterocycles. The summed E-state index contributed by atoms with van der Waals surface area (Å²) < 4.78 is 5.60. The highest BCUT2D eigenvalue weighted by molar-refractivity contribution is 5.85. The minimum absolute atomic E-state index is 0. The quantitative estimate of drug-likeness (QED) is 0.446. The maximum absolute atomic E-state index is 5.60. The highest BCUT2D eigenvalue weighted by Crippen LogP contribution is 2.49. The lowest BCUT2D eigenvalue weighted by Gasteiger charge is -2.41. The van der Waals surface area contributed by atoms with E-state index >= 15 is 0 Å². The Morgan fingerprint density at radius 3 is 2.30 bits per heavy atom. The van der Waals surface area contributed by atoms with Crippen LogP contribution < -0.4 is 9.64 Å². The van der Waals surface area contributed by atoms with Crippen molar-refractivity contribution in [2.24, 2.45) is 10.8 Å². The maximum Gasteiger partial charge on any atom is 0.120 e. The molecule has 30 heavy (non-hydrogen) atoms. The predicted octanol–water partition coefficient (Wildman–Crippen LogP) is 6.66. The molecule has 0 unspecified atom stereocenters. The molecule has 1 aliphatic carbocycles. The van der Waals surface area contributed by atoms with Gasteiger partial charge in [-0.1, -0.05) is 53.5 Å². The zero-order valence-corrected chi connectivity index (χ0v) is 20.9. The lowest BCUT2D eigenvalue weighted by atomic mass is 9.65. The molecule has 0 spiro atoms. The van der Waals surface area contributed by atoms with Crippen LogP contribution in [0.3, 0.4) is 0 Å². The molecule has 0 aromatic heterocycles. The Hall–Kier alpha value is -1.19. The first-order chi connectivity index (χ1) is 13.7. The van der Waals surface area contributed by atoms with Gasteiger partial charge < -0.3 is 9.64 Å². The number of rotatable bonds is 7. The predicted molar refractivity (Wildman–Crippen MR) is 133 cm³/mol. The number of methoxy groups -OCH3 is 1. The van der Waals surface area contributed by atoms with Crippen LogP contribution in [0, 0.1) is 10.8 Å². The molecular formula is C26H43ClN2O. The van der Waals surface area contributed by atoms with E-state index in [1.165, 1.54) is 49.1 Å². The molecule has 1 saturated heterocycles. The van der Waals surface area contributed by atoms with Crippen LogP contribution in [0.1, 0.15) is 72.3 Å². The third-order valence-electron chi connectivity index (χ3n) is 6.51. The zero-order chi connectivity index (χ0) is 21.1. The fourth-order valence-corrected chi connectivity index (χ4v) is 5.53. The Balaban J connectivity index is 0.00000320. The Morgan fingerprint density at radius 2 is 1.70 bits per heavy atom. The molecule has 0 saturated carbocycles. The van der Waals surface area contributed by atoms with Gasteiger partial charge in [0.15, 0.2) is 0 Å². The van der Waals surface area contributed by atoms with E-state index in [4.69, 9.17) is 4.74 Å². The van der Waals surface area contributed by atoms with Crippen LogP contribution >= 0.6 is 12.4 Å². The Kier molecular flexibility index (Phi) is 8.70. The van der Waals surface area contributed by atoms with Gasteiger partial charge in [0.1, 0.15) is 5.75 Å². The van der Waals surface area contributed by atoms with E-state index in [0.717, 1.165) is 38.3 Å². The van der Waals surface area contributed by atoms with Crippen LogP contribution in [0.15, 0.2) is 24.3 Å². The van der Waals surface area contributed by atoms with Gasteiger partial charge in [-0.15, -0.1) is 12.4 Å². The van der Waals surface area contributed by atoms with E-state index in [9.17, 15) is 0 Å². The van der Waals surface area contributed by atoms with Crippen molar-refractivity contribution in [1.29, 1.82) is 0 Å². The first kappa shape index (κ1) is 25.1. The monoisotopic (exact) mass is 434 g/mol. The van der Waals surface area contributed by atoms with E-state index in [1.54, 1.807) is 7.11 Å². The number of halogens is 1. The van der Waals surface area contributed by atoms with Crippen LogP contribution in [-0.2, 0) is 0 Å². The van der Waals surface area contributed by atoms with Crippen molar-refractivity contribution in [2.45, 2.75) is 66.7 Å². The average Bonchev–Trinajstić information content (AvgIpc) is 2.66. The smallest absolute Gasteiger partial charge is 0.120 e. The van der Waals surface area contributed by atoms with Gasteiger partial charge >= 0.3 is 0 Å². The van der Waals surface area contributed by atoms with Crippen LogP contribution in [0.25, 0.3) is 5.57 Å². The molecule has 2 aliphatic rings. The summed E-state index contributed by atoms with van der Waals surface area (Å²) >= 11 is 0. The summed E-state index contributed by atoms with van der Waals surface area (Å²) in [7, 11) is 1.77. The summed E-state index contributed by atoms with van der Waals surface area (Å²) in [6, 6.07) is 6.69. The van der Waals surface area contributed by atoms with Crippen LogP contribution in [-0.4, -0.2) is 44.7 Å². The second kappa shape index (κ2) is 10.4. The summed E-state index contributed by atoms with van der Waals surface area (Å²) in [4.78, 5) is 5.22. The molecule has 0 amide bonds. The molecule has 0 radical (unpaired) electrons. The first-order valence-corrected chi connectivity index (χ1v) is 11.6. The minimum Gasteiger partial charge on any atom is -0.497 e. The molecular weight excluding hydrogens is 392 g/mol. The van der Waals surface area contributed by atoms with Gasteiger partial charge in [-0.25, -0.2) is 0 Å². The normalized spacial score (nSPS) is 21.0. The SMILES string of the molecule is CCCCCN1CCN(c2cc(OC)ccc2C2=CC(C)(C)CC(C)(C)C2)CC1.Cl. The van der Waals surface area contributed by atoms with Gasteiger partial charge in [-0.2, -0.15) is 0 Å². The number of ether oxygens (including phenoxy) is 1. The van der Waals surface area contributed by atoms with Crippen LogP contribution in [0.2, 0.25) is 0 Å². The van der Waals surface area contributed by atoms with Crippen molar-refractivity contribution < 1.29 is 4.74 Å². The summed E-state index contributed by atoms with van der Waals surface area (Å²) in [5.74, 6) is 0.962. The van der Waals surface area contributed by atoms with Crippen molar-refractivity contribution in [2.75, 3.05) is 44.7 Å². The van der Waals surface area contributed by atoms with Gasteiger partial charge in [-0.3, -0.25) is 4.90 Å². The highest BCUT2D eigenvalue weighted by Gasteiger charge is 2.34. The second-order valence-corrected chi connectivity index (χ2v) is 10.6. The molecule has 1 heterocycles. The lowest BCUT2D eigenvalue weighted by molar-refractivity contribution is 0.228. The van der Waals surface area contributed by atoms with Crippen molar-refractivity contribution >= 4 is 23.7 Å². The van der Waals surface area contributed by atoms with Crippen molar-refractivity contribution in [3.05, 3.63) is 29.8 Å². The molecule has 1 fully saturated rings. The number of piperazine rings is 1. The van der Waals surface area contributed by atoms with E-state index < -0.39 is 0 Å². The zero-order valence-electron chi connectivity index (χ0n) is 20.1. The van der Waals surface area contributed by atoms with Crippen molar-refractivity contribution in [3.8, 4) is 5.75 Å². The number of hydrogen-bond donors (Lipinski definition) is 0. The summed E-state index contributed by atoms with van der Waals surface area (Å²) in [5, 5.41) is 0. The molecule has 3 nitrogen and oxygen atoms in total. The number of anilines is 1. The Bertz CT molecular complexity index is 718. The highest BCUT2D eigenvalue weighted by atomic mass is 35.5. The van der Waals surface area contributed by atoms with E-state index in [0.29, 0.717) is 5.41 Å². The van der Waals surface area contributed by atoms with Gasteiger partial charge in [0.05, 0.1) is 7.11 Å². The molecule has 1 aromatic carbocycles. The van der Waals surface area contributed by atoms with E-state index in [1.807, 2.05) is 0 Å². The third kappa shape index (κ3) is 6.40. The Morgan fingerprint density at radius 1 is 1.00 bits per heavy atom. The summed E-state index contributed by atoms with van der Waals surface area (Å²) in [5.41, 5.74) is 4.85. The van der Waals surface area contributed by atoms with Crippen molar-refractivity contribution in [3.63, 3.8) is 0 Å². The van der Waals surface area contributed by atoms with Crippen LogP contribution in [0.4, 0.5) is 5.69 Å². The molecule has 0 N–H and O–H groups in total. The van der Waals surface area contributed by atoms with Crippen molar-refractivity contribution in [1.82, 2.24) is 4.90 Å². The Labute approximate surface area is 191 Å². The number of hydrogen-bond acceptors (Lipinski definition) is 3. The van der Waals surface area contributed by atoms with Crippen LogP contribution in [0.5, 0.6) is 5.75 Å². The van der Waals surface area contributed by atoms with Gasteiger partial charge in [0, 0.05) is 43.5 Å². The fraction of sp³-hybridized carbons (Fsp3) is 0.692. The topological polar surface area (TPSA) is 15.7 Å². The number of allylic oxidation sites excluding steroid dienone is 2.